The Morgan fingerprint density at radius 2 is 1.53 bits per heavy atom. The van der Waals surface area contributed by atoms with Gasteiger partial charge in [0.25, 0.3) is 0 Å². The van der Waals surface area contributed by atoms with Gasteiger partial charge in [-0.05, 0) is 18.1 Å². The Hall–Kier alpha value is -3.34. The maximum absolute atomic E-state index is 13.5. The second-order valence-electron chi connectivity index (χ2n) is 7.62. The smallest absolute Gasteiger partial charge is 0.339 e. The van der Waals surface area contributed by atoms with Gasteiger partial charge < -0.3 is 14.1 Å². The topological polar surface area (TPSA) is 59.8 Å². The summed E-state index contributed by atoms with van der Waals surface area (Å²) in [7, 11) is 0. The predicted octanol–water partition coefficient (Wildman–Crippen LogP) is 4.15. The Morgan fingerprint density at radius 3 is 2.07 bits per heavy atom. The van der Waals surface area contributed by atoms with Gasteiger partial charge in [0.1, 0.15) is 17.6 Å². The van der Waals surface area contributed by atoms with Gasteiger partial charge in [-0.25, -0.2) is 4.79 Å². The van der Waals surface area contributed by atoms with E-state index < -0.39 is 5.63 Å². The Bertz CT molecular complexity index is 998. The molecule has 1 saturated heterocycles. The molecular formula is C25H25NO4. The average Bonchev–Trinajstić information content (AvgIpc) is 2.75. The van der Waals surface area contributed by atoms with Gasteiger partial charge in [-0.3, -0.25) is 4.79 Å². The van der Waals surface area contributed by atoms with Crippen molar-refractivity contribution < 1.29 is 13.9 Å². The molecule has 0 N–H and O–H groups in total. The van der Waals surface area contributed by atoms with Crippen LogP contribution in [0.3, 0.4) is 0 Å². The summed E-state index contributed by atoms with van der Waals surface area (Å²) in [6.07, 6.45) is 1.42. The minimum atomic E-state index is -0.411. The predicted molar refractivity (Wildman–Crippen MR) is 115 cm³/mol. The molecule has 2 aromatic carbocycles. The number of hydrogen-bond acceptors (Lipinski definition) is 4. The lowest BCUT2D eigenvalue weighted by Crippen LogP contribution is -2.44. The first kappa shape index (κ1) is 20.0. The molecule has 0 aliphatic carbocycles. The summed E-state index contributed by atoms with van der Waals surface area (Å²) in [5.41, 5.74) is 1.59. The molecule has 5 nitrogen and oxygen atoms in total. The normalized spacial score (nSPS) is 14.7. The number of benzene rings is 2. The minimum Gasteiger partial charge on any atom is -0.490 e. The molecule has 1 amide bonds. The van der Waals surface area contributed by atoms with E-state index in [9.17, 15) is 9.59 Å². The first-order valence-corrected chi connectivity index (χ1v) is 10.3. The summed E-state index contributed by atoms with van der Waals surface area (Å²) in [4.78, 5) is 26.9. The zero-order valence-corrected chi connectivity index (χ0v) is 17.0. The van der Waals surface area contributed by atoms with Crippen LogP contribution in [0.1, 0.15) is 35.6 Å². The van der Waals surface area contributed by atoms with Crippen LogP contribution in [0, 0.1) is 6.92 Å². The molecule has 3 aromatic rings. The second-order valence-corrected chi connectivity index (χ2v) is 7.62. The highest BCUT2D eigenvalue weighted by Gasteiger charge is 2.31. The van der Waals surface area contributed by atoms with Crippen molar-refractivity contribution in [2.75, 3.05) is 13.1 Å². The van der Waals surface area contributed by atoms with Gasteiger partial charge in [-0.2, -0.15) is 0 Å². The summed E-state index contributed by atoms with van der Waals surface area (Å²) in [6.45, 7) is 2.98. The number of carbonyl (C=O) groups excluding carboxylic acids is 1. The SMILES string of the molecule is Cc1cc(OC2CCN(C(=O)C(c3ccccc3)c3ccccc3)CC2)cc(=O)o1. The van der Waals surface area contributed by atoms with E-state index in [1.807, 2.05) is 65.6 Å². The van der Waals surface area contributed by atoms with Crippen LogP contribution in [-0.2, 0) is 4.79 Å². The molecule has 1 aliphatic heterocycles. The largest absolute Gasteiger partial charge is 0.490 e. The Labute approximate surface area is 175 Å². The fraction of sp³-hybridized carbons (Fsp3) is 0.280. The van der Waals surface area contributed by atoms with Crippen LogP contribution < -0.4 is 10.4 Å². The summed E-state index contributed by atoms with van der Waals surface area (Å²) < 4.78 is 11.0. The van der Waals surface area contributed by atoms with Gasteiger partial charge in [0, 0.05) is 32.0 Å². The Balaban J connectivity index is 1.46. The van der Waals surface area contributed by atoms with Crippen LogP contribution >= 0.6 is 0 Å². The number of aryl methyl sites for hydroxylation is 1. The van der Waals surface area contributed by atoms with Crippen LogP contribution in [0.4, 0.5) is 0 Å². The van der Waals surface area contributed by atoms with Gasteiger partial charge in [-0.1, -0.05) is 60.7 Å². The van der Waals surface area contributed by atoms with Crippen LogP contribution in [0.25, 0.3) is 0 Å². The zero-order valence-electron chi connectivity index (χ0n) is 17.0. The number of likely N-dealkylation sites (tertiary alicyclic amines) is 1. The van der Waals surface area contributed by atoms with Crippen molar-refractivity contribution in [3.05, 3.63) is 100 Å². The van der Waals surface area contributed by atoms with Crippen molar-refractivity contribution >= 4 is 5.91 Å². The number of amides is 1. The second kappa shape index (κ2) is 8.99. The molecule has 0 atom stereocenters. The molecule has 1 aromatic heterocycles. The molecule has 154 valence electrons. The zero-order chi connectivity index (χ0) is 20.9. The summed E-state index contributed by atoms with van der Waals surface area (Å²) >= 11 is 0. The monoisotopic (exact) mass is 403 g/mol. The molecule has 0 saturated carbocycles. The Kier molecular flexibility index (Phi) is 5.98. The third-order valence-corrected chi connectivity index (χ3v) is 5.44. The van der Waals surface area contributed by atoms with Crippen LogP contribution in [0.15, 0.2) is 82.0 Å². The van der Waals surface area contributed by atoms with Crippen LogP contribution in [0.2, 0.25) is 0 Å². The number of nitrogens with zero attached hydrogens (tertiary/aromatic N) is 1. The molecule has 4 rings (SSSR count). The number of hydrogen-bond donors (Lipinski definition) is 0. The van der Waals surface area contributed by atoms with Crippen molar-refractivity contribution in [2.24, 2.45) is 0 Å². The van der Waals surface area contributed by atoms with E-state index in [4.69, 9.17) is 9.15 Å². The van der Waals surface area contributed by atoms with Crippen LogP contribution in [-0.4, -0.2) is 30.0 Å². The van der Waals surface area contributed by atoms with E-state index in [1.165, 1.54) is 6.07 Å². The van der Waals surface area contributed by atoms with E-state index in [2.05, 4.69) is 0 Å². The van der Waals surface area contributed by atoms with Crippen LogP contribution in [0.5, 0.6) is 5.75 Å². The number of rotatable bonds is 5. The summed E-state index contributed by atoms with van der Waals surface area (Å²) in [5, 5.41) is 0. The van der Waals surface area contributed by atoms with Gasteiger partial charge in [0.2, 0.25) is 5.91 Å². The van der Waals surface area contributed by atoms with Gasteiger partial charge in [-0.15, -0.1) is 0 Å². The minimum absolute atomic E-state index is 0.0258. The Morgan fingerprint density at radius 1 is 0.967 bits per heavy atom. The van der Waals surface area contributed by atoms with E-state index in [-0.39, 0.29) is 17.9 Å². The highest BCUT2D eigenvalue weighted by molar-refractivity contribution is 5.87. The van der Waals surface area contributed by atoms with Crippen molar-refractivity contribution in [3.63, 3.8) is 0 Å². The number of carbonyl (C=O) groups is 1. The fourth-order valence-corrected chi connectivity index (χ4v) is 3.98. The third kappa shape index (κ3) is 4.62. The molecule has 0 spiro atoms. The molecule has 1 aliphatic rings. The lowest BCUT2D eigenvalue weighted by molar-refractivity contribution is -0.133. The standard InChI is InChI=1S/C25H25NO4/c1-18-16-22(17-23(27)29-18)30-21-12-14-26(15-13-21)25(28)24(19-8-4-2-5-9-19)20-10-6-3-7-11-20/h2-11,16-17,21,24H,12-15H2,1H3. The van der Waals surface area contributed by atoms with E-state index in [0.717, 1.165) is 24.0 Å². The van der Waals surface area contributed by atoms with Crippen molar-refractivity contribution in [1.82, 2.24) is 4.90 Å². The van der Waals surface area contributed by atoms with E-state index in [1.54, 1.807) is 13.0 Å². The molecule has 5 heteroatoms. The van der Waals surface area contributed by atoms with Crippen molar-refractivity contribution in [1.29, 1.82) is 0 Å². The maximum Gasteiger partial charge on any atom is 0.339 e. The van der Waals surface area contributed by atoms with Crippen molar-refractivity contribution in [3.8, 4) is 5.75 Å². The van der Waals surface area contributed by atoms with Crippen molar-refractivity contribution in [2.45, 2.75) is 31.8 Å². The first-order valence-electron chi connectivity index (χ1n) is 10.3. The highest BCUT2D eigenvalue weighted by Crippen LogP contribution is 2.29. The molecule has 0 unspecified atom stereocenters. The number of piperidine rings is 1. The highest BCUT2D eigenvalue weighted by atomic mass is 16.5. The molecular weight excluding hydrogens is 378 g/mol. The lowest BCUT2D eigenvalue weighted by Gasteiger charge is -2.34. The number of ether oxygens (including phenoxy) is 1. The molecule has 1 fully saturated rings. The quantitative estimate of drug-likeness (QED) is 0.642. The summed E-state index contributed by atoms with van der Waals surface area (Å²) in [6, 6.07) is 22.9. The maximum atomic E-state index is 13.5. The van der Waals surface area contributed by atoms with Gasteiger partial charge >= 0.3 is 5.63 Å². The van der Waals surface area contributed by atoms with E-state index >= 15 is 0 Å². The van der Waals surface area contributed by atoms with Gasteiger partial charge in [0.05, 0.1) is 12.0 Å². The summed E-state index contributed by atoms with van der Waals surface area (Å²) in [5.74, 6) is 0.854. The average molecular weight is 403 g/mol. The molecule has 30 heavy (non-hydrogen) atoms. The fourth-order valence-electron chi connectivity index (χ4n) is 3.98. The first-order chi connectivity index (χ1) is 14.6. The molecule has 0 bridgehead atoms. The third-order valence-electron chi connectivity index (χ3n) is 5.44. The van der Waals surface area contributed by atoms with Gasteiger partial charge in [0.15, 0.2) is 0 Å². The molecule has 0 radical (unpaired) electrons. The van der Waals surface area contributed by atoms with E-state index in [0.29, 0.717) is 24.6 Å². The lowest BCUT2D eigenvalue weighted by atomic mass is 9.89. The molecule has 2 heterocycles.